The first-order valence-electron chi connectivity index (χ1n) is 6.11. The lowest BCUT2D eigenvalue weighted by molar-refractivity contribution is 0.328. The fourth-order valence-electron chi connectivity index (χ4n) is 2.03. The van der Waals surface area contributed by atoms with Crippen molar-refractivity contribution in [2.75, 3.05) is 13.2 Å². The van der Waals surface area contributed by atoms with E-state index in [0.717, 1.165) is 16.7 Å². The van der Waals surface area contributed by atoms with Crippen molar-refractivity contribution in [1.82, 2.24) is 4.57 Å². The number of benzene rings is 1. The first-order chi connectivity index (χ1) is 8.63. The lowest BCUT2D eigenvalue weighted by Crippen LogP contribution is -2.21. The molecule has 1 heterocycles. The minimum atomic E-state index is 0.00785. The van der Waals surface area contributed by atoms with Gasteiger partial charge in [-0.3, -0.25) is 4.79 Å². The maximum Gasteiger partial charge on any atom is 0.251 e. The topological polar surface area (TPSA) is 57.2 Å². The summed E-state index contributed by atoms with van der Waals surface area (Å²) in [6.45, 7) is 4.94. The molecule has 0 aliphatic carbocycles. The number of pyridine rings is 1. The molecule has 4 heteroatoms. The molecule has 0 bridgehead atoms. The number of rotatable bonds is 4. The molecule has 0 fully saturated rings. The van der Waals surface area contributed by atoms with E-state index in [1.807, 2.05) is 38.1 Å². The minimum absolute atomic E-state index is 0.00785. The summed E-state index contributed by atoms with van der Waals surface area (Å²) in [5.41, 5.74) is 6.31. The van der Waals surface area contributed by atoms with Gasteiger partial charge in [0.2, 0.25) is 0 Å². The number of ether oxygens (including phenoxy) is 1. The Morgan fingerprint density at radius 1 is 1.28 bits per heavy atom. The molecular weight excluding hydrogens is 228 g/mol. The summed E-state index contributed by atoms with van der Waals surface area (Å²) in [5, 5.41) is 1.03. The van der Waals surface area contributed by atoms with Gasteiger partial charge in [0.1, 0.15) is 12.4 Å². The van der Waals surface area contributed by atoms with Crippen LogP contribution in [0.5, 0.6) is 5.75 Å². The van der Waals surface area contributed by atoms with Crippen molar-refractivity contribution in [3.8, 4) is 5.75 Å². The molecule has 4 nitrogen and oxygen atoms in total. The van der Waals surface area contributed by atoms with Gasteiger partial charge in [0.15, 0.2) is 0 Å². The quantitative estimate of drug-likeness (QED) is 0.896. The molecule has 1 aromatic carbocycles. The summed E-state index contributed by atoms with van der Waals surface area (Å²) in [6, 6.07) is 9.30. The zero-order valence-corrected chi connectivity index (χ0v) is 10.7. The summed E-state index contributed by atoms with van der Waals surface area (Å²) in [6.07, 6.45) is 0. The summed E-state index contributed by atoms with van der Waals surface area (Å²) >= 11 is 0. The van der Waals surface area contributed by atoms with Crippen molar-refractivity contribution >= 4 is 10.9 Å². The van der Waals surface area contributed by atoms with Crippen LogP contribution in [0.1, 0.15) is 19.9 Å². The molecule has 0 saturated heterocycles. The number of nitrogens with two attached hydrogens (primary N) is 1. The molecule has 0 saturated carbocycles. The smallest absolute Gasteiger partial charge is 0.251 e. The van der Waals surface area contributed by atoms with Gasteiger partial charge >= 0.3 is 0 Å². The average molecular weight is 246 g/mol. The monoisotopic (exact) mass is 246 g/mol. The second kappa shape index (κ2) is 5.23. The Hall–Kier alpha value is -1.81. The van der Waals surface area contributed by atoms with E-state index in [1.54, 1.807) is 10.6 Å². The summed E-state index contributed by atoms with van der Waals surface area (Å²) in [7, 11) is 0. The molecule has 2 aromatic rings. The van der Waals surface area contributed by atoms with Crippen LogP contribution in [-0.4, -0.2) is 17.7 Å². The minimum Gasteiger partial charge on any atom is -0.492 e. The molecule has 0 spiro atoms. The highest BCUT2D eigenvalue weighted by molar-refractivity contribution is 5.80. The van der Waals surface area contributed by atoms with Gasteiger partial charge in [0.25, 0.3) is 5.56 Å². The Morgan fingerprint density at radius 3 is 2.67 bits per heavy atom. The highest BCUT2D eigenvalue weighted by Crippen LogP contribution is 2.21. The number of nitrogens with zero attached hydrogens (tertiary/aromatic N) is 1. The van der Waals surface area contributed by atoms with Gasteiger partial charge in [-0.2, -0.15) is 0 Å². The van der Waals surface area contributed by atoms with E-state index >= 15 is 0 Å². The molecule has 0 atom stereocenters. The van der Waals surface area contributed by atoms with Gasteiger partial charge in [-0.05, 0) is 37.4 Å². The third-order valence-corrected chi connectivity index (χ3v) is 2.81. The Bertz CT molecular complexity index is 602. The number of fused-ring (bicyclic) bond motifs is 1. The van der Waals surface area contributed by atoms with Gasteiger partial charge < -0.3 is 15.0 Å². The molecule has 0 aliphatic heterocycles. The second-order valence-corrected chi connectivity index (χ2v) is 4.49. The predicted octanol–water partition coefficient (Wildman–Crippen LogP) is 1.92. The van der Waals surface area contributed by atoms with Crippen molar-refractivity contribution in [1.29, 1.82) is 0 Å². The Morgan fingerprint density at radius 2 is 2.00 bits per heavy atom. The Kier molecular flexibility index (Phi) is 3.67. The molecule has 0 unspecified atom stereocenters. The molecule has 0 radical (unpaired) electrons. The number of aromatic nitrogens is 1. The molecule has 2 N–H and O–H groups in total. The van der Waals surface area contributed by atoms with Crippen molar-refractivity contribution in [2.45, 2.75) is 19.9 Å². The van der Waals surface area contributed by atoms with Gasteiger partial charge in [-0.1, -0.05) is 0 Å². The molecule has 1 aromatic heterocycles. The third kappa shape index (κ3) is 2.38. The van der Waals surface area contributed by atoms with Crippen molar-refractivity contribution in [2.24, 2.45) is 5.73 Å². The van der Waals surface area contributed by atoms with E-state index in [-0.39, 0.29) is 11.6 Å². The van der Waals surface area contributed by atoms with Crippen LogP contribution in [0.3, 0.4) is 0 Å². The van der Waals surface area contributed by atoms with E-state index in [1.165, 1.54) is 0 Å². The van der Waals surface area contributed by atoms with E-state index in [4.69, 9.17) is 10.5 Å². The van der Waals surface area contributed by atoms with Gasteiger partial charge in [-0.25, -0.2) is 0 Å². The largest absolute Gasteiger partial charge is 0.492 e. The zero-order valence-electron chi connectivity index (χ0n) is 10.7. The van der Waals surface area contributed by atoms with Crippen LogP contribution in [0.15, 0.2) is 35.1 Å². The van der Waals surface area contributed by atoms with Gasteiger partial charge in [0.05, 0.1) is 5.52 Å². The number of hydrogen-bond donors (Lipinski definition) is 1. The lowest BCUT2D eigenvalue weighted by Gasteiger charge is -2.14. The van der Waals surface area contributed by atoms with Crippen LogP contribution in [0.2, 0.25) is 0 Å². The predicted molar refractivity (Wildman–Crippen MR) is 73.1 cm³/mol. The third-order valence-electron chi connectivity index (χ3n) is 2.81. The second-order valence-electron chi connectivity index (χ2n) is 4.49. The first-order valence-corrected chi connectivity index (χ1v) is 6.11. The fourth-order valence-corrected chi connectivity index (χ4v) is 2.03. The Labute approximate surface area is 106 Å². The van der Waals surface area contributed by atoms with Crippen LogP contribution in [0.25, 0.3) is 10.9 Å². The summed E-state index contributed by atoms with van der Waals surface area (Å²) in [5.74, 6) is 0.743. The fraction of sp³-hybridized carbons (Fsp3) is 0.357. The van der Waals surface area contributed by atoms with Gasteiger partial charge in [-0.15, -0.1) is 0 Å². The maximum atomic E-state index is 11.9. The molecule has 18 heavy (non-hydrogen) atoms. The Balaban J connectivity index is 2.58. The van der Waals surface area contributed by atoms with Crippen LogP contribution in [0, 0.1) is 0 Å². The highest BCUT2D eigenvalue weighted by atomic mass is 16.5. The maximum absolute atomic E-state index is 11.9. The normalized spacial score (nSPS) is 11.1. The lowest BCUT2D eigenvalue weighted by atomic mass is 10.2. The van der Waals surface area contributed by atoms with Crippen molar-refractivity contribution in [3.05, 3.63) is 40.7 Å². The summed E-state index contributed by atoms with van der Waals surface area (Å²) in [4.78, 5) is 11.9. The summed E-state index contributed by atoms with van der Waals surface area (Å²) < 4.78 is 7.27. The van der Waals surface area contributed by atoms with Crippen LogP contribution < -0.4 is 16.0 Å². The van der Waals surface area contributed by atoms with Crippen LogP contribution in [0.4, 0.5) is 0 Å². The van der Waals surface area contributed by atoms with E-state index in [2.05, 4.69) is 0 Å². The van der Waals surface area contributed by atoms with Crippen molar-refractivity contribution < 1.29 is 4.74 Å². The standard InChI is InChI=1S/C14H18N2O2/c1-10(2)16-13-9-12(18-8-7-15)5-3-11(13)4-6-14(16)17/h3-6,9-10H,7-8,15H2,1-2H3. The van der Waals surface area contributed by atoms with Gasteiger partial charge in [0, 0.05) is 24.7 Å². The molecule has 0 amide bonds. The van der Waals surface area contributed by atoms with E-state index in [0.29, 0.717) is 13.2 Å². The molecule has 0 aliphatic rings. The zero-order chi connectivity index (χ0) is 13.1. The molecule has 2 rings (SSSR count). The highest BCUT2D eigenvalue weighted by Gasteiger charge is 2.07. The first kappa shape index (κ1) is 12.6. The molecular formula is C14H18N2O2. The number of hydrogen-bond acceptors (Lipinski definition) is 3. The SMILES string of the molecule is CC(C)n1c(=O)ccc2ccc(OCCN)cc21. The molecule has 96 valence electrons. The van der Waals surface area contributed by atoms with E-state index < -0.39 is 0 Å². The van der Waals surface area contributed by atoms with Crippen LogP contribution >= 0.6 is 0 Å². The van der Waals surface area contributed by atoms with Crippen LogP contribution in [-0.2, 0) is 0 Å². The average Bonchev–Trinajstić information content (AvgIpc) is 2.35. The van der Waals surface area contributed by atoms with Crippen molar-refractivity contribution in [3.63, 3.8) is 0 Å². The van der Waals surface area contributed by atoms with E-state index in [9.17, 15) is 4.79 Å².